The van der Waals surface area contributed by atoms with E-state index in [1.807, 2.05) is 6.07 Å². The lowest BCUT2D eigenvalue weighted by Crippen LogP contribution is -2.43. The quantitative estimate of drug-likeness (QED) is 0.867. The van der Waals surface area contributed by atoms with Crippen molar-refractivity contribution in [2.75, 3.05) is 26.4 Å². The number of hydrogen-bond acceptors (Lipinski definition) is 3. The molecule has 0 aliphatic heterocycles. The molecule has 0 heterocycles. The predicted molar refractivity (Wildman–Crippen MR) is 77.6 cm³/mol. The lowest BCUT2D eigenvalue weighted by Gasteiger charge is -2.36. The highest BCUT2D eigenvalue weighted by atomic mass is 32.2. The number of benzene rings is 1. The Hall–Kier alpha value is -0.980. The largest absolute Gasteiger partial charge is 0.313 e. The Bertz CT molecular complexity index is 554. The van der Waals surface area contributed by atoms with E-state index >= 15 is 0 Å². The maximum absolute atomic E-state index is 13.1. The van der Waals surface area contributed by atoms with E-state index in [0.717, 1.165) is 18.4 Å². The zero-order valence-corrected chi connectivity index (χ0v) is 12.7. The molecule has 4 nitrogen and oxygen atoms in total. The number of rotatable bonds is 6. The van der Waals surface area contributed by atoms with Crippen LogP contribution in [0.2, 0.25) is 0 Å². The second-order valence-electron chi connectivity index (χ2n) is 5.47. The van der Waals surface area contributed by atoms with E-state index in [1.54, 1.807) is 26.2 Å². The third-order valence-corrected chi connectivity index (χ3v) is 5.64. The van der Waals surface area contributed by atoms with Crippen LogP contribution < -0.4 is 5.32 Å². The normalized spacial score (nSPS) is 22.8. The van der Waals surface area contributed by atoms with E-state index in [0.29, 0.717) is 18.5 Å². The number of sulfonamides is 1. The van der Waals surface area contributed by atoms with Crippen LogP contribution in [0.15, 0.2) is 24.3 Å². The summed E-state index contributed by atoms with van der Waals surface area (Å²) >= 11 is 0. The van der Waals surface area contributed by atoms with Gasteiger partial charge in [0.2, 0.25) is 10.0 Å². The molecule has 0 unspecified atom stereocenters. The van der Waals surface area contributed by atoms with Gasteiger partial charge in [-0.05, 0) is 36.5 Å². The first-order chi connectivity index (χ1) is 9.38. The molecule has 0 atom stereocenters. The third kappa shape index (κ3) is 3.77. The molecule has 0 spiro atoms. The van der Waals surface area contributed by atoms with Crippen LogP contribution in [0.4, 0.5) is 4.39 Å². The molecule has 1 aliphatic rings. The van der Waals surface area contributed by atoms with Gasteiger partial charge in [0.15, 0.2) is 0 Å². The summed E-state index contributed by atoms with van der Waals surface area (Å²) in [5.74, 6) is 0.297. The fourth-order valence-electron chi connectivity index (χ4n) is 2.39. The zero-order chi connectivity index (χ0) is 14.8. The fraction of sp³-hybridized carbons (Fsp3) is 0.571. The molecule has 0 radical (unpaired) electrons. The summed E-state index contributed by atoms with van der Waals surface area (Å²) < 4.78 is 37.5. The summed E-state index contributed by atoms with van der Waals surface area (Å²) in [4.78, 5) is 0. The van der Waals surface area contributed by atoms with Crippen LogP contribution in [-0.4, -0.2) is 45.2 Å². The van der Waals surface area contributed by atoms with E-state index in [4.69, 9.17) is 0 Å². The molecule has 1 aromatic carbocycles. The van der Waals surface area contributed by atoms with Crippen LogP contribution in [0.3, 0.4) is 0 Å². The smallest absolute Gasteiger partial charge is 0.214 e. The molecule has 2 rings (SSSR count). The van der Waals surface area contributed by atoms with Crippen LogP contribution in [0.5, 0.6) is 0 Å². The minimum absolute atomic E-state index is 0.112. The molecular weight excluding hydrogens is 279 g/mol. The van der Waals surface area contributed by atoms with Crippen molar-refractivity contribution in [2.45, 2.75) is 24.8 Å². The lowest BCUT2D eigenvalue weighted by molar-refractivity contribution is 0.295. The van der Waals surface area contributed by atoms with E-state index in [2.05, 4.69) is 5.32 Å². The van der Waals surface area contributed by atoms with Gasteiger partial charge in [-0.3, -0.25) is 0 Å². The molecule has 0 aromatic heterocycles. The maximum atomic E-state index is 13.1. The maximum Gasteiger partial charge on any atom is 0.214 e. The number of hydrogen-bond donors (Lipinski definition) is 1. The molecule has 0 amide bonds. The van der Waals surface area contributed by atoms with E-state index in [9.17, 15) is 12.8 Å². The molecule has 1 fully saturated rings. The lowest BCUT2D eigenvalue weighted by atomic mass is 9.76. The van der Waals surface area contributed by atoms with Gasteiger partial charge in [-0.2, -0.15) is 0 Å². The summed E-state index contributed by atoms with van der Waals surface area (Å²) in [7, 11) is -0.0474. The fourth-order valence-corrected chi connectivity index (χ4v) is 3.13. The Morgan fingerprint density at radius 3 is 2.65 bits per heavy atom. The minimum Gasteiger partial charge on any atom is -0.313 e. The molecule has 1 saturated carbocycles. The van der Waals surface area contributed by atoms with Gasteiger partial charge in [-0.1, -0.05) is 12.1 Å². The molecule has 1 N–H and O–H groups in total. The number of nitrogens with zero attached hydrogens (tertiary/aromatic N) is 1. The van der Waals surface area contributed by atoms with E-state index < -0.39 is 10.0 Å². The van der Waals surface area contributed by atoms with Crippen LogP contribution >= 0.6 is 0 Å². The van der Waals surface area contributed by atoms with Crippen molar-refractivity contribution >= 4 is 10.0 Å². The molecule has 1 aliphatic carbocycles. The van der Waals surface area contributed by atoms with E-state index in [-0.39, 0.29) is 11.6 Å². The highest BCUT2D eigenvalue weighted by Gasteiger charge is 2.30. The SMILES string of the molecule is CN(C)S(=O)(=O)CCNC1CC(c2cccc(F)c2)C1. The molecule has 6 heteroatoms. The van der Waals surface area contributed by atoms with Crippen LogP contribution in [0.1, 0.15) is 24.3 Å². The van der Waals surface area contributed by atoms with Gasteiger partial charge in [0.05, 0.1) is 5.75 Å². The Morgan fingerprint density at radius 1 is 1.35 bits per heavy atom. The van der Waals surface area contributed by atoms with Gasteiger partial charge in [0, 0.05) is 26.7 Å². The first-order valence-corrected chi connectivity index (χ1v) is 8.38. The molecule has 0 saturated heterocycles. The van der Waals surface area contributed by atoms with Crippen molar-refractivity contribution in [3.8, 4) is 0 Å². The highest BCUT2D eigenvalue weighted by Crippen LogP contribution is 2.36. The minimum atomic E-state index is -3.13. The second-order valence-corrected chi connectivity index (χ2v) is 7.78. The highest BCUT2D eigenvalue weighted by molar-refractivity contribution is 7.89. The van der Waals surface area contributed by atoms with Crippen molar-refractivity contribution in [1.82, 2.24) is 9.62 Å². The molecule has 0 bridgehead atoms. The van der Waals surface area contributed by atoms with Crippen molar-refractivity contribution in [2.24, 2.45) is 0 Å². The van der Waals surface area contributed by atoms with Crippen LogP contribution in [0, 0.1) is 5.82 Å². The summed E-state index contributed by atoms with van der Waals surface area (Å²) in [5, 5.41) is 3.24. The summed E-state index contributed by atoms with van der Waals surface area (Å²) in [6, 6.07) is 7.04. The van der Waals surface area contributed by atoms with Crippen LogP contribution in [0.25, 0.3) is 0 Å². The third-order valence-electron chi connectivity index (χ3n) is 3.81. The van der Waals surface area contributed by atoms with Gasteiger partial charge >= 0.3 is 0 Å². The predicted octanol–water partition coefficient (Wildman–Crippen LogP) is 1.55. The van der Waals surface area contributed by atoms with Gasteiger partial charge in [0.25, 0.3) is 0 Å². The molecule has 20 heavy (non-hydrogen) atoms. The molecule has 1 aromatic rings. The molecule has 112 valence electrons. The Labute approximate surface area is 120 Å². The average molecular weight is 300 g/mol. The van der Waals surface area contributed by atoms with Gasteiger partial charge in [0.1, 0.15) is 5.82 Å². The average Bonchev–Trinajstić information content (AvgIpc) is 2.31. The van der Waals surface area contributed by atoms with Gasteiger partial charge < -0.3 is 5.32 Å². The van der Waals surface area contributed by atoms with Crippen LogP contribution in [-0.2, 0) is 10.0 Å². The Balaban J connectivity index is 1.73. The van der Waals surface area contributed by atoms with Crippen molar-refractivity contribution in [3.63, 3.8) is 0 Å². The summed E-state index contributed by atoms with van der Waals surface area (Å²) in [6.07, 6.45) is 1.87. The first-order valence-electron chi connectivity index (χ1n) is 6.77. The van der Waals surface area contributed by atoms with Crippen molar-refractivity contribution in [1.29, 1.82) is 0 Å². The van der Waals surface area contributed by atoms with Crippen molar-refractivity contribution < 1.29 is 12.8 Å². The van der Waals surface area contributed by atoms with E-state index in [1.165, 1.54) is 10.4 Å². The topological polar surface area (TPSA) is 49.4 Å². The first kappa shape index (κ1) is 15.4. The second kappa shape index (κ2) is 6.20. The number of halogens is 1. The standard InChI is InChI=1S/C14H21FN2O2S/c1-17(2)20(18,19)7-6-16-14-9-12(10-14)11-4-3-5-13(15)8-11/h3-5,8,12,14,16H,6-7,9-10H2,1-2H3. The Morgan fingerprint density at radius 2 is 2.05 bits per heavy atom. The Kier molecular flexibility index (Phi) is 4.78. The molecular formula is C14H21FN2O2S. The zero-order valence-electron chi connectivity index (χ0n) is 11.8. The summed E-state index contributed by atoms with van der Waals surface area (Å²) in [6.45, 7) is 0.459. The number of nitrogens with one attached hydrogen (secondary N) is 1. The van der Waals surface area contributed by atoms with Gasteiger partial charge in [-0.25, -0.2) is 17.1 Å². The summed E-state index contributed by atoms with van der Waals surface area (Å²) in [5.41, 5.74) is 1.03. The van der Waals surface area contributed by atoms with Gasteiger partial charge in [-0.15, -0.1) is 0 Å². The van der Waals surface area contributed by atoms with Crippen molar-refractivity contribution in [3.05, 3.63) is 35.6 Å². The monoisotopic (exact) mass is 300 g/mol.